The van der Waals surface area contributed by atoms with Gasteiger partial charge >= 0.3 is 0 Å². The van der Waals surface area contributed by atoms with E-state index in [9.17, 15) is 0 Å². The molecular weight excluding hydrogens is 258 g/mol. The third kappa shape index (κ3) is 3.41. The zero-order chi connectivity index (χ0) is 14.9. The van der Waals surface area contributed by atoms with E-state index < -0.39 is 0 Å². The lowest BCUT2D eigenvalue weighted by molar-refractivity contribution is 0.137. The second-order valence-electron chi connectivity index (χ2n) is 7.35. The molecule has 3 heteroatoms. The summed E-state index contributed by atoms with van der Waals surface area (Å²) in [6.07, 6.45) is 3.82. The maximum absolute atomic E-state index is 3.70. The van der Waals surface area contributed by atoms with Gasteiger partial charge in [0.25, 0.3) is 0 Å². The highest BCUT2D eigenvalue weighted by Crippen LogP contribution is 2.30. The Labute approximate surface area is 129 Å². The maximum atomic E-state index is 3.70. The number of nitrogens with one attached hydrogen (secondary N) is 1. The number of hydrogen-bond acceptors (Lipinski definition) is 3. The highest BCUT2D eigenvalue weighted by atomic mass is 15.1. The SMILES string of the molecule is CN1CCC(C)(CNCc2ccc3c(c2)CCN3C)CC1. The molecule has 116 valence electrons. The average Bonchev–Trinajstić information content (AvgIpc) is 2.84. The van der Waals surface area contributed by atoms with Gasteiger partial charge in [-0.2, -0.15) is 0 Å². The van der Waals surface area contributed by atoms with Gasteiger partial charge in [0.2, 0.25) is 0 Å². The van der Waals surface area contributed by atoms with E-state index in [1.54, 1.807) is 0 Å². The molecule has 1 aromatic carbocycles. The van der Waals surface area contributed by atoms with Crippen molar-refractivity contribution < 1.29 is 0 Å². The lowest BCUT2D eigenvalue weighted by Gasteiger charge is -2.38. The van der Waals surface area contributed by atoms with Crippen LogP contribution in [0.4, 0.5) is 5.69 Å². The molecule has 0 aromatic heterocycles. The van der Waals surface area contributed by atoms with E-state index >= 15 is 0 Å². The Balaban J connectivity index is 1.52. The van der Waals surface area contributed by atoms with Crippen molar-refractivity contribution in [3.8, 4) is 0 Å². The van der Waals surface area contributed by atoms with Gasteiger partial charge in [0.05, 0.1) is 0 Å². The molecule has 3 nitrogen and oxygen atoms in total. The Kier molecular flexibility index (Phi) is 4.23. The lowest BCUT2D eigenvalue weighted by atomic mass is 9.80. The number of benzene rings is 1. The van der Waals surface area contributed by atoms with Crippen LogP contribution in [0.25, 0.3) is 0 Å². The highest BCUT2D eigenvalue weighted by Gasteiger charge is 2.28. The molecule has 0 radical (unpaired) electrons. The van der Waals surface area contributed by atoms with Gasteiger partial charge in [0.15, 0.2) is 0 Å². The predicted octanol–water partition coefficient (Wildman–Crippen LogP) is 2.50. The van der Waals surface area contributed by atoms with Crippen LogP contribution in [0, 0.1) is 5.41 Å². The van der Waals surface area contributed by atoms with E-state index in [1.165, 1.54) is 49.2 Å². The summed E-state index contributed by atoms with van der Waals surface area (Å²) in [7, 11) is 4.42. The number of piperidine rings is 1. The van der Waals surface area contributed by atoms with Crippen molar-refractivity contribution in [3.63, 3.8) is 0 Å². The monoisotopic (exact) mass is 287 g/mol. The molecule has 2 aliphatic rings. The zero-order valence-electron chi connectivity index (χ0n) is 13.8. The van der Waals surface area contributed by atoms with Crippen LogP contribution in [0.15, 0.2) is 18.2 Å². The van der Waals surface area contributed by atoms with Crippen molar-refractivity contribution in [2.75, 3.05) is 45.2 Å². The molecule has 2 aliphatic heterocycles. The van der Waals surface area contributed by atoms with Crippen molar-refractivity contribution in [1.29, 1.82) is 0 Å². The van der Waals surface area contributed by atoms with Crippen LogP contribution in [0.2, 0.25) is 0 Å². The van der Waals surface area contributed by atoms with Gasteiger partial charge < -0.3 is 15.1 Å². The first kappa shape index (κ1) is 14.9. The minimum Gasteiger partial charge on any atom is -0.374 e. The van der Waals surface area contributed by atoms with E-state index in [2.05, 4.69) is 54.3 Å². The molecule has 3 rings (SSSR count). The van der Waals surface area contributed by atoms with Crippen LogP contribution < -0.4 is 10.2 Å². The standard InChI is InChI=1S/C18H29N3/c1-18(7-10-20(2)11-8-18)14-19-13-15-4-5-17-16(12-15)6-9-21(17)3/h4-5,12,19H,6-11,13-14H2,1-3H3. The van der Waals surface area contributed by atoms with Crippen LogP contribution in [0.1, 0.15) is 30.9 Å². The second kappa shape index (κ2) is 5.98. The number of anilines is 1. The summed E-state index contributed by atoms with van der Waals surface area (Å²) in [6, 6.07) is 6.96. The van der Waals surface area contributed by atoms with Crippen molar-refractivity contribution in [2.24, 2.45) is 5.41 Å². The Morgan fingerprint density at radius 2 is 1.90 bits per heavy atom. The summed E-state index contributed by atoms with van der Waals surface area (Å²) in [6.45, 7) is 8.22. The molecule has 0 atom stereocenters. The van der Waals surface area contributed by atoms with Crippen LogP contribution in [-0.2, 0) is 13.0 Å². The molecule has 1 saturated heterocycles. The van der Waals surface area contributed by atoms with Crippen LogP contribution in [-0.4, -0.2) is 45.2 Å². The first-order valence-electron chi connectivity index (χ1n) is 8.28. The van der Waals surface area contributed by atoms with E-state index in [1.807, 2.05) is 0 Å². The summed E-state index contributed by atoms with van der Waals surface area (Å²) >= 11 is 0. The third-order valence-corrected chi connectivity index (χ3v) is 5.35. The van der Waals surface area contributed by atoms with Gasteiger partial charge in [-0.1, -0.05) is 19.1 Å². The van der Waals surface area contributed by atoms with Gasteiger partial charge in [-0.3, -0.25) is 0 Å². The van der Waals surface area contributed by atoms with Crippen LogP contribution in [0.3, 0.4) is 0 Å². The van der Waals surface area contributed by atoms with Gasteiger partial charge in [0.1, 0.15) is 0 Å². The first-order valence-corrected chi connectivity index (χ1v) is 8.28. The normalized spacial score (nSPS) is 21.6. The molecule has 0 saturated carbocycles. The molecule has 0 spiro atoms. The number of fused-ring (bicyclic) bond motifs is 1. The van der Waals surface area contributed by atoms with Gasteiger partial charge in [0, 0.05) is 32.4 Å². The summed E-state index contributed by atoms with van der Waals surface area (Å²) in [5, 5.41) is 3.70. The third-order valence-electron chi connectivity index (χ3n) is 5.35. The minimum atomic E-state index is 0.476. The number of nitrogens with zero attached hydrogens (tertiary/aromatic N) is 2. The zero-order valence-corrected chi connectivity index (χ0v) is 13.8. The molecule has 0 bridgehead atoms. The fourth-order valence-corrected chi connectivity index (χ4v) is 3.57. The van der Waals surface area contributed by atoms with Crippen molar-refractivity contribution in [2.45, 2.75) is 32.7 Å². The van der Waals surface area contributed by atoms with Gasteiger partial charge in [-0.15, -0.1) is 0 Å². The number of hydrogen-bond donors (Lipinski definition) is 1. The smallest absolute Gasteiger partial charge is 0.0397 e. The largest absolute Gasteiger partial charge is 0.374 e. The fraction of sp³-hybridized carbons (Fsp3) is 0.667. The Morgan fingerprint density at radius 3 is 2.67 bits per heavy atom. The van der Waals surface area contributed by atoms with Crippen LogP contribution >= 0.6 is 0 Å². The molecule has 0 amide bonds. The topological polar surface area (TPSA) is 18.5 Å². The van der Waals surface area contributed by atoms with Gasteiger partial charge in [-0.05, 0) is 62.0 Å². The molecule has 1 N–H and O–H groups in total. The van der Waals surface area contributed by atoms with E-state index in [4.69, 9.17) is 0 Å². The first-order chi connectivity index (χ1) is 10.1. The predicted molar refractivity (Wildman–Crippen MR) is 90.0 cm³/mol. The number of likely N-dealkylation sites (N-methyl/N-ethyl adjacent to an activating group) is 1. The van der Waals surface area contributed by atoms with E-state index in [0.717, 1.165) is 19.6 Å². The quantitative estimate of drug-likeness (QED) is 0.918. The van der Waals surface area contributed by atoms with Gasteiger partial charge in [-0.25, -0.2) is 0 Å². The molecule has 21 heavy (non-hydrogen) atoms. The Bertz CT molecular complexity index is 489. The molecule has 0 aliphatic carbocycles. The number of rotatable bonds is 4. The summed E-state index contributed by atoms with van der Waals surface area (Å²) in [5.74, 6) is 0. The fourth-order valence-electron chi connectivity index (χ4n) is 3.57. The van der Waals surface area contributed by atoms with E-state index in [-0.39, 0.29) is 0 Å². The molecular formula is C18H29N3. The molecule has 1 aromatic rings. The summed E-state index contributed by atoms with van der Waals surface area (Å²) < 4.78 is 0. The molecule has 0 unspecified atom stereocenters. The van der Waals surface area contributed by atoms with Crippen molar-refractivity contribution in [3.05, 3.63) is 29.3 Å². The van der Waals surface area contributed by atoms with E-state index in [0.29, 0.717) is 5.41 Å². The molecule has 1 fully saturated rings. The number of likely N-dealkylation sites (tertiary alicyclic amines) is 1. The summed E-state index contributed by atoms with van der Waals surface area (Å²) in [4.78, 5) is 4.80. The Hall–Kier alpha value is -1.06. The highest BCUT2D eigenvalue weighted by molar-refractivity contribution is 5.58. The maximum Gasteiger partial charge on any atom is 0.0397 e. The van der Waals surface area contributed by atoms with Crippen LogP contribution in [0.5, 0.6) is 0 Å². The van der Waals surface area contributed by atoms with Crippen molar-refractivity contribution >= 4 is 5.69 Å². The Morgan fingerprint density at radius 1 is 1.14 bits per heavy atom. The average molecular weight is 287 g/mol. The molecule has 2 heterocycles. The summed E-state index contributed by atoms with van der Waals surface area (Å²) in [5.41, 5.74) is 4.84. The minimum absolute atomic E-state index is 0.476. The van der Waals surface area contributed by atoms with Crippen molar-refractivity contribution in [1.82, 2.24) is 10.2 Å². The lowest BCUT2D eigenvalue weighted by Crippen LogP contribution is -2.41. The second-order valence-corrected chi connectivity index (χ2v) is 7.35.